The molecular weight excluding hydrogens is 623 g/mol. The summed E-state index contributed by atoms with van der Waals surface area (Å²) < 4.78 is 10.0. The van der Waals surface area contributed by atoms with Gasteiger partial charge in [-0.2, -0.15) is 0 Å². The maximum absolute atomic E-state index is 14.4. The van der Waals surface area contributed by atoms with Gasteiger partial charge in [0, 0.05) is 39.6 Å². The van der Waals surface area contributed by atoms with E-state index in [9.17, 15) is 9.59 Å². The third-order valence-electron chi connectivity index (χ3n) is 8.51. The fourth-order valence-electron chi connectivity index (χ4n) is 6.43. The number of carbonyl (C=O) groups excluding carboxylic acids is 1. The normalized spacial score (nSPS) is 14.8. The molecule has 1 atom stereocenters. The van der Waals surface area contributed by atoms with Crippen LogP contribution in [0.25, 0.3) is 33.4 Å². The molecule has 0 fully saturated rings. The van der Waals surface area contributed by atoms with Crippen molar-refractivity contribution in [2.75, 3.05) is 6.61 Å². The average molecular weight is 652 g/mol. The Bertz CT molecular complexity index is 2500. The van der Waals surface area contributed by atoms with Crippen LogP contribution in [-0.2, 0) is 16.1 Å². The van der Waals surface area contributed by atoms with Crippen molar-refractivity contribution in [3.8, 4) is 0 Å². The van der Waals surface area contributed by atoms with Gasteiger partial charge >= 0.3 is 5.97 Å². The molecule has 1 aliphatic rings. The second-order valence-corrected chi connectivity index (χ2v) is 13.3. The molecule has 7 aromatic rings. The Labute approximate surface area is 278 Å². The Balaban J connectivity index is 1.31. The van der Waals surface area contributed by atoms with Crippen molar-refractivity contribution in [2.24, 2.45) is 4.99 Å². The highest BCUT2D eigenvalue weighted by molar-refractivity contribution is 7.10. The lowest BCUT2D eigenvalue weighted by molar-refractivity contribution is -0.138. The SMILES string of the molecule is CCOC(=O)C1=C(c2ccccc2)N=c2sc(=Cc3cn(Cc4cccc5ccccc45)c4ccccc34)c(=O)n2[C@H]1c1cccs1. The minimum Gasteiger partial charge on any atom is -0.463 e. The fourth-order valence-corrected chi connectivity index (χ4v) is 8.25. The predicted octanol–water partition coefficient (Wildman–Crippen LogP) is 7.15. The Kier molecular flexibility index (Phi) is 7.52. The third kappa shape index (κ3) is 5.16. The summed E-state index contributed by atoms with van der Waals surface area (Å²) in [5.74, 6) is -0.473. The molecule has 0 amide bonds. The highest BCUT2D eigenvalue weighted by Gasteiger charge is 2.35. The second-order valence-electron chi connectivity index (χ2n) is 11.3. The number of hydrogen-bond donors (Lipinski definition) is 0. The number of aromatic nitrogens is 2. The van der Waals surface area contributed by atoms with E-state index in [0.717, 1.165) is 26.9 Å². The van der Waals surface area contributed by atoms with Crippen LogP contribution in [0.1, 0.15) is 34.5 Å². The highest BCUT2D eigenvalue weighted by atomic mass is 32.1. The molecule has 0 radical (unpaired) electrons. The maximum atomic E-state index is 14.4. The Morgan fingerprint density at radius 3 is 2.47 bits per heavy atom. The van der Waals surface area contributed by atoms with E-state index in [1.165, 1.54) is 39.0 Å². The number of para-hydroxylation sites is 1. The van der Waals surface area contributed by atoms with E-state index in [1.54, 1.807) is 11.5 Å². The first kappa shape index (κ1) is 29.1. The lowest BCUT2D eigenvalue weighted by Crippen LogP contribution is -2.39. The van der Waals surface area contributed by atoms with Crippen molar-refractivity contribution in [1.29, 1.82) is 0 Å². The topological polar surface area (TPSA) is 65.6 Å². The molecule has 8 heteroatoms. The Morgan fingerprint density at radius 1 is 0.894 bits per heavy atom. The van der Waals surface area contributed by atoms with Crippen LogP contribution in [0.4, 0.5) is 0 Å². The summed E-state index contributed by atoms with van der Waals surface area (Å²) in [7, 11) is 0. The van der Waals surface area contributed by atoms with Gasteiger partial charge in [-0.3, -0.25) is 9.36 Å². The summed E-state index contributed by atoms with van der Waals surface area (Å²) in [5, 5.41) is 5.45. The van der Waals surface area contributed by atoms with Crippen LogP contribution in [0.15, 0.2) is 136 Å². The van der Waals surface area contributed by atoms with E-state index in [-0.39, 0.29) is 12.2 Å². The number of fused-ring (bicyclic) bond motifs is 3. The zero-order valence-corrected chi connectivity index (χ0v) is 27.1. The summed E-state index contributed by atoms with van der Waals surface area (Å²) in [5.41, 5.74) is 4.77. The minimum atomic E-state index is -0.657. The van der Waals surface area contributed by atoms with Crippen LogP contribution >= 0.6 is 22.7 Å². The lowest BCUT2D eigenvalue weighted by Gasteiger charge is -2.24. The average Bonchev–Trinajstić information content (AvgIpc) is 3.84. The number of benzene rings is 4. The number of hydrogen-bond acceptors (Lipinski definition) is 6. The summed E-state index contributed by atoms with van der Waals surface area (Å²) >= 11 is 2.85. The number of esters is 1. The maximum Gasteiger partial charge on any atom is 0.338 e. The van der Waals surface area contributed by atoms with Crippen molar-refractivity contribution >= 4 is 62.1 Å². The molecule has 3 aromatic heterocycles. The number of rotatable bonds is 7. The summed E-state index contributed by atoms with van der Waals surface area (Å²) in [6.07, 6.45) is 4.09. The van der Waals surface area contributed by atoms with Gasteiger partial charge in [-0.05, 0) is 46.8 Å². The van der Waals surface area contributed by atoms with Gasteiger partial charge in [0.2, 0.25) is 0 Å². The molecule has 0 bridgehead atoms. The van der Waals surface area contributed by atoms with Crippen LogP contribution in [-0.4, -0.2) is 21.7 Å². The molecular formula is C39H29N3O3S2. The van der Waals surface area contributed by atoms with Gasteiger partial charge in [0.05, 0.1) is 22.4 Å². The quantitative estimate of drug-likeness (QED) is 0.172. The van der Waals surface area contributed by atoms with Crippen molar-refractivity contribution in [1.82, 2.24) is 9.13 Å². The van der Waals surface area contributed by atoms with Crippen molar-refractivity contribution < 1.29 is 9.53 Å². The molecule has 8 rings (SSSR count). The molecule has 0 spiro atoms. The zero-order valence-electron chi connectivity index (χ0n) is 25.5. The van der Waals surface area contributed by atoms with Crippen LogP contribution < -0.4 is 14.9 Å². The van der Waals surface area contributed by atoms with Gasteiger partial charge in [-0.15, -0.1) is 11.3 Å². The van der Waals surface area contributed by atoms with Crippen LogP contribution in [0, 0.1) is 0 Å². The smallest absolute Gasteiger partial charge is 0.338 e. The van der Waals surface area contributed by atoms with Gasteiger partial charge in [-0.1, -0.05) is 108 Å². The molecule has 4 heterocycles. The second kappa shape index (κ2) is 12.1. The van der Waals surface area contributed by atoms with Gasteiger partial charge in [0.15, 0.2) is 4.80 Å². The number of thiazole rings is 1. The van der Waals surface area contributed by atoms with Gasteiger partial charge in [0.1, 0.15) is 6.04 Å². The number of carbonyl (C=O) groups is 1. The Hall–Kier alpha value is -5.31. The van der Waals surface area contributed by atoms with Gasteiger partial charge < -0.3 is 9.30 Å². The largest absolute Gasteiger partial charge is 0.463 e. The molecule has 47 heavy (non-hydrogen) atoms. The van der Waals surface area contributed by atoms with E-state index in [0.29, 0.717) is 27.1 Å². The van der Waals surface area contributed by atoms with Gasteiger partial charge in [-0.25, -0.2) is 9.79 Å². The molecule has 0 saturated heterocycles. The Morgan fingerprint density at radius 2 is 1.66 bits per heavy atom. The van der Waals surface area contributed by atoms with Crippen LogP contribution in [0.2, 0.25) is 0 Å². The summed E-state index contributed by atoms with van der Waals surface area (Å²) in [4.78, 5) is 34.4. The van der Waals surface area contributed by atoms with Crippen molar-refractivity contribution in [2.45, 2.75) is 19.5 Å². The number of thiophene rings is 1. The fraction of sp³-hybridized carbons (Fsp3) is 0.103. The first-order valence-corrected chi connectivity index (χ1v) is 17.2. The molecule has 230 valence electrons. The van der Waals surface area contributed by atoms with Crippen LogP contribution in [0.3, 0.4) is 0 Å². The van der Waals surface area contributed by atoms with Crippen LogP contribution in [0.5, 0.6) is 0 Å². The van der Waals surface area contributed by atoms with E-state index in [2.05, 4.69) is 65.4 Å². The zero-order chi connectivity index (χ0) is 31.9. The molecule has 1 aliphatic heterocycles. The monoisotopic (exact) mass is 651 g/mol. The molecule has 0 N–H and O–H groups in total. The summed E-state index contributed by atoms with van der Waals surface area (Å²) in [6, 6.07) is 36.0. The molecule has 4 aromatic carbocycles. The molecule has 0 saturated carbocycles. The van der Waals surface area contributed by atoms with E-state index in [4.69, 9.17) is 9.73 Å². The highest BCUT2D eigenvalue weighted by Crippen LogP contribution is 2.37. The number of ether oxygens (including phenoxy) is 1. The standard InChI is InChI=1S/C39H29N3O3S2/c1-2-45-38(44)34-35(26-13-4-3-5-14-26)40-39-42(36(34)32-20-11-21-46-32)37(43)33(47-39)22-28-24-41(31-19-9-8-18-30(28)31)23-27-16-10-15-25-12-6-7-17-29(25)27/h3-22,24,36H,2,23H2,1H3/t36-/m0/s1. The predicted molar refractivity (Wildman–Crippen MR) is 190 cm³/mol. The molecule has 0 aliphatic carbocycles. The first-order chi connectivity index (χ1) is 23.1. The van der Waals surface area contributed by atoms with E-state index >= 15 is 0 Å². The third-order valence-corrected chi connectivity index (χ3v) is 10.4. The first-order valence-electron chi connectivity index (χ1n) is 15.5. The van der Waals surface area contributed by atoms with Crippen molar-refractivity contribution in [3.63, 3.8) is 0 Å². The minimum absolute atomic E-state index is 0.188. The molecule has 6 nitrogen and oxygen atoms in total. The van der Waals surface area contributed by atoms with Gasteiger partial charge in [0.25, 0.3) is 5.56 Å². The van der Waals surface area contributed by atoms with Crippen molar-refractivity contribution in [3.05, 3.63) is 168 Å². The summed E-state index contributed by atoms with van der Waals surface area (Å²) in [6.45, 7) is 2.69. The lowest BCUT2D eigenvalue weighted by atomic mass is 9.97. The van der Waals surface area contributed by atoms with E-state index in [1.807, 2.05) is 66.1 Å². The van der Waals surface area contributed by atoms with E-state index < -0.39 is 12.0 Å². The molecule has 0 unspecified atom stereocenters. The number of nitrogens with zero attached hydrogens (tertiary/aromatic N) is 3.